The fourth-order valence-electron chi connectivity index (χ4n) is 3.51. The monoisotopic (exact) mass is 396 g/mol. The molecule has 150 valence electrons. The maximum absolute atomic E-state index is 13.1. The third-order valence-corrected chi connectivity index (χ3v) is 4.65. The topological polar surface area (TPSA) is 70.1 Å². The van der Waals surface area contributed by atoms with Crippen LogP contribution in [0.1, 0.15) is 30.6 Å². The lowest BCUT2D eigenvalue weighted by molar-refractivity contribution is -0.303. The van der Waals surface area contributed by atoms with Crippen molar-refractivity contribution < 1.29 is 32.6 Å². The number of halogens is 3. The minimum atomic E-state index is -4.77. The van der Waals surface area contributed by atoms with Crippen molar-refractivity contribution >= 4 is 17.7 Å². The number of amides is 2. The van der Waals surface area contributed by atoms with Crippen molar-refractivity contribution in [3.8, 4) is 0 Å². The van der Waals surface area contributed by atoms with Crippen LogP contribution in [0.25, 0.3) is 0 Å². The van der Waals surface area contributed by atoms with E-state index >= 15 is 0 Å². The zero-order valence-corrected chi connectivity index (χ0v) is 15.2. The van der Waals surface area contributed by atoms with Gasteiger partial charge in [0.15, 0.2) is 0 Å². The number of carbonyl (C=O) groups excluding carboxylic acids is 1. The Morgan fingerprint density at radius 1 is 1.32 bits per heavy atom. The van der Waals surface area contributed by atoms with Crippen molar-refractivity contribution in [2.75, 3.05) is 11.4 Å². The zero-order chi connectivity index (χ0) is 20.7. The molecule has 0 radical (unpaired) electrons. The van der Waals surface area contributed by atoms with Gasteiger partial charge in [-0.1, -0.05) is 12.1 Å². The van der Waals surface area contributed by atoms with Gasteiger partial charge in [0.25, 0.3) is 0 Å². The van der Waals surface area contributed by atoms with Crippen LogP contribution in [0.2, 0.25) is 0 Å². The van der Waals surface area contributed by atoms with Crippen molar-refractivity contribution in [3.63, 3.8) is 0 Å². The van der Waals surface area contributed by atoms with Crippen molar-refractivity contribution in [2.24, 2.45) is 0 Å². The molecule has 1 aliphatic carbocycles. The first kappa shape index (κ1) is 19.8. The Labute approximate surface area is 159 Å². The second-order valence-electron chi connectivity index (χ2n) is 7.22. The largest absolute Gasteiger partial charge is 0.573 e. The van der Waals surface area contributed by atoms with E-state index in [0.29, 0.717) is 12.2 Å². The third-order valence-electron chi connectivity index (χ3n) is 4.65. The lowest BCUT2D eigenvalue weighted by atomic mass is 9.98. The Bertz CT molecular complexity index is 861. The molecule has 28 heavy (non-hydrogen) atoms. The van der Waals surface area contributed by atoms with E-state index in [0.717, 1.165) is 0 Å². The Balaban J connectivity index is 1.80. The summed E-state index contributed by atoms with van der Waals surface area (Å²) in [5.41, 5.74) is -0.0884. The number of hydrogen-bond acceptors (Lipinski definition) is 3. The standard InChI is InChI=1S/C19H19F3N2O4/c1-18(2)11-23(14-5-3-4-12(10-14)16(25)26)17(27)24(18)13-6-8-15(9-7-13)28-19(20,21)22/h3-6,8-10,13H,7,11H2,1-2H3,(H,25,26). The molecule has 1 unspecified atom stereocenters. The van der Waals surface area contributed by atoms with Gasteiger partial charge in [-0.25, -0.2) is 9.59 Å². The number of aromatic carboxylic acids is 1. The molecule has 1 N–H and O–H groups in total. The molecule has 1 heterocycles. The molecule has 2 aliphatic rings. The normalized spacial score (nSPS) is 21.7. The van der Waals surface area contributed by atoms with Crippen molar-refractivity contribution in [1.29, 1.82) is 0 Å². The minimum Gasteiger partial charge on any atom is -0.478 e. The highest BCUT2D eigenvalue weighted by Crippen LogP contribution is 2.35. The summed E-state index contributed by atoms with van der Waals surface area (Å²) >= 11 is 0. The first-order chi connectivity index (χ1) is 13.0. The number of anilines is 1. The van der Waals surface area contributed by atoms with Gasteiger partial charge in [-0.2, -0.15) is 0 Å². The van der Waals surface area contributed by atoms with E-state index in [1.807, 2.05) is 13.8 Å². The van der Waals surface area contributed by atoms with Gasteiger partial charge in [0.2, 0.25) is 0 Å². The molecule has 0 bridgehead atoms. The molecule has 9 heteroatoms. The summed E-state index contributed by atoms with van der Waals surface area (Å²) in [7, 11) is 0. The Morgan fingerprint density at radius 3 is 2.61 bits per heavy atom. The smallest absolute Gasteiger partial charge is 0.478 e. The number of urea groups is 1. The van der Waals surface area contributed by atoms with E-state index in [9.17, 15) is 22.8 Å². The number of carboxylic acid groups (broad SMARTS) is 1. The molecule has 1 aliphatic heterocycles. The fraction of sp³-hybridized carbons (Fsp3) is 0.368. The van der Waals surface area contributed by atoms with Crippen LogP contribution in [0.15, 0.2) is 48.3 Å². The molecule has 0 saturated carbocycles. The second kappa shape index (κ2) is 6.88. The van der Waals surface area contributed by atoms with Crippen LogP contribution >= 0.6 is 0 Å². The van der Waals surface area contributed by atoms with Gasteiger partial charge in [0.05, 0.1) is 23.7 Å². The molecular weight excluding hydrogens is 377 g/mol. The summed E-state index contributed by atoms with van der Waals surface area (Å²) in [5.74, 6) is -1.40. The molecule has 1 fully saturated rings. The van der Waals surface area contributed by atoms with Crippen LogP contribution < -0.4 is 4.90 Å². The molecule has 3 rings (SSSR count). The van der Waals surface area contributed by atoms with Gasteiger partial charge in [0, 0.05) is 5.69 Å². The maximum atomic E-state index is 13.1. The average Bonchev–Trinajstić information content (AvgIpc) is 2.84. The van der Waals surface area contributed by atoms with Crippen LogP contribution in [-0.4, -0.2) is 46.5 Å². The first-order valence-corrected chi connectivity index (χ1v) is 8.56. The molecular formula is C19H19F3N2O4. The Morgan fingerprint density at radius 2 is 2.04 bits per heavy atom. The van der Waals surface area contributed by atoms with E-state index < -0.39 is 23.9 Å². The van der Waals surface area contributed by atoms with Crippen molar-refractivity contribution in [3.05, 3.63) is 53.8 Å². The van der Waals surface area contributed by atoms with Gasteiger partial charge in [-0.15, -0.1) is 13.2 Å². The molecule has 1 saturated heterocycles. The number of rotatable bonds is 4. The van der Waals surface area contributed by atoms with Crippen LogP contribution in [0.5, 0.6) is 0 Å². The number of hydrogen-bond donors (Lipinski definition) is 1. The van der Waals surface area contributed by atoms with Gasteiger partial charge >= 0.3 is 18.4 Å². The number of alkyl halides is 3. The molecule has 0 aromatic heterocycles. The second-order valence-corrected chi connectivity index (χ2v) is 7.22. The summed E-state index contributed by atoms with van der Waals surface area (Å²) in [6.45, 7) is 4.02. The summed E-state index contributed by atoms with van der Waals surface area (Å²) in [4.78, 5) is 27.3. The van der Waals surface area contributed by atoms with Crippen molar-refractivity contribution in [1.82, 2.24) is 4.90 Å². The maximum Gasteiger partial charge on any atom is 0.573 e. The van der Waals surface area contributed by atoms with Gasteiger partial charge < -0.3 is 14.7 Å². The average molecular weight is 396 g/mol. The van der Waals surface area contributed by atoms with Crippen LogP contribution in [0, 0.1) is 0 Å². The number of carbonyl (C=O) groups is 2. The van der Waals surface area contributed by atoms with E-state index in [4.69, 9.17) is 5.11 Å². The number of ether oxygens (including phenoxy) is 1. The molecule has 6 nitrogen and oxygen atoms in total. The molecule has 0 spiro atoms. The highest BCUT2D eigenvalue weighted by atomic mass is 19.4. The highest BCUT2D eigenvalue weighted by molar-refractivity contribution is 5.97. The highest BCUT2D eigenvalue weighted by Gasteiger charge is 2.46. The lowest BCUT2D eigenvalue weighted by Gasteiger charge is -2.36. The summed E-state index contributed by atoms with van der Waals surface area (Å²) < 4.78 is 40.9. The molecule has 2 amide bonds. The van der Waals surface area contributed by atoms with E-state index in [2.05, 4.69) is 4.74 Å². The third kappa shape index (κ3) is 3.97. The van der Waals surface area contributed by atoms with E-state index in [1.165, 1.54) is 35.3 Å². The summed E-state index contributed by atoms with van der Waals surface area (Å²) in [5, 5.41) is 9.16. The van der Waals surface area contributed by atoms with Gasteiger partial charge in [-0.3, -0.25) is 4.90 Å². The van der Waals surface area contributed by atoms with E-state index in [1.54, 1.807) is 17.0 Å². The number of carboxylic acids is 1. The first-order valence-electron chi connectivity index (χ1n) is 8.56. The SMILES string of the molecule is CC1(C)CN(c2cccc(C(=O)O)c2)C(=O)N1C1C=CC(OC(F)(F)F)=CC1. The van der Waals surface area contributed by atoms with Gasteiger partial charge in [-0.05, 0) is 50.6 Å². The number of allylic oxidation sites excluding steroid dienone is 1. The zero-order valence-electron chi connectivity index (χ0n) is 15.2. The lowest BCUT2D eigenvalue weighted by Crippen LogP contribution is -2.48. The molecule has 1 aromatic rings. The molecule has 1 aromatic carbocycles. The number of nitrogens with zero attached hydrogens (tertiary/aromatic N) is 2. The van der Waals surface area contributed by atoms with Gasteiger partial charge in [0.1, 0.15) is 5.76 Å². The minimum absolute atomic E-state index is 0.0657. The molecule has 1 atom stereocenters. The van der Waals surface area contributed by atoms with Crippen LogP contribution in [0.3, 0.4) is 0 Å². The van der Waals surface area contributed by atoms with E-state index in [-0.39, 0.29) is 23.8 Å². The predicted molar refractivity (Wildman–Crippen MR) is 94.8 cm³/mol. The number of benzene rings is 1. The summed E-state index contributed by atoms with van der Waals surface area (Å²) in [6, 6.07) is 5.30. The quantitative estimate of drug-likeness (QED) is 0.830. The Hall–Kier alpha value is -2.97. The van der Waals surface area contributed by atoms with Crippen LogP contribution in [-0.2, 0) is 4.74 Å². The summed E-state index contributed by atoms with van der Waals surface area (Å²) in [6.07, 6.45) is -0.566. The van der Waals surface area contributed by atoms with Crippen molar-refractivity contribution in [2.45, 2.75) is 38.2 Å². The van der Waals surface area contributed by atoms with Crippen LogP contribution in [0.4, 0.5) is 23.7 Å². The Kier molecular flexibility index (Phi) is 4.86. The fourth-order valence-corrected chi connectivity index (χ4v) is 3.51. The predicted octanol–water partition coefficient (Wildman–Crippen LogP) is 4.15.